The summed E-state index contributed by atoms with van der Waals surface area (Å²) < 4.78 is 11.3. The molecule has 0 aromatic heterocycles. The quantitative estimate of drug-likeness (QED) is 0.161. The van der Waals surface area contributed by atoms with E-state index in [0.717, 1.165) is 56.9 Å². The van der Waals surface area contributed by atoms with Crippen LogP contribution >= 0.6 is 0 Å². The highest BCUT2D eigenvalue weighted by Crippen LogP contribution is 2.17. The summed E-state index contributed by atoms with van der Waals surface area (Å²) in [6.45, 7) is 2.63. The van der Waals surface area contributed by atoms with E-state index >= 15 is 0 Å². The molecular weight excluding hydrogens is 404 g/mol. The third-order valence-corrected chi connectivity index (χ3v) is 5.68. The Morgan fingerprint density at radius 1 is 0.812 bits per heavy atom. The number of hydrogen-bond acceptors (Lipinski definition) is 4. The van der Waals surface area contributed by atoms with Crippen molar-refractivity contribution in [1.82, 2.24) is 0 Å². The van der Waals surface area contributed by atoms with Crippen molar-refractivity contribution >= 4 is 11.9 Å². The first-order chi connectivity index (χ1) is 15.6. The molecule has 5 nitrogen and oxygen atoms in total. The second-order valence-electron chi connectivity index (χ2n) is 8.70. The van der Waals surface area contributed by atoms with Crippen LogP contribution in [0.5, 0.6) is 0 Å². The van der Waals surface area contributed by atoms with Gasteiger partial charge in [0.05, 0.1) is 6.61 Å². The van der Waals surface area contributed by atoms with E-state index in [1.807, 2.05) is 30.3 Å². The van der Waals surface area contributed by atoms with E-state index < -0.39 is 5.97 Å². The summed E-state index contributed by atoms with van der Waals surface area (Å²) in [5, 5.41) is 8.70. The van der Waals surface area contributed by atoms with E-state index in [9.17, 15) is 9.59 Å². The first-order valence-corrected chi connectivity index (χ1v) is 12.6. The van der Waals surface area contributed by atoms with Crippen molar-refractivity contribution in [2.45, 2.75) is 116 Å². The van der Waals surface area contributed by atoms with Crippen LogP contribution in [0.1, 0.15) is 109 Å². The van der Waals surface area contributed by atoms with Gasteiger partial charge >= 0.3 is 11.9 Å². The molecule has 0 amide bonds. The Hall–Kier alpha value is -1.88. The van der Waals surface area contributed by atoms with E-state index in [1.165, 1.54) is 38.5 Å². The monoisotopic (exact) mass is 448 g/mol. The summed E-state index contributed by atoms with van der Waals surface area (Å²) in [6, 6.07) is 9.82. The van der Waals surface area contributed by atoms with Crippen molar-refractivity contribution in [1.29, 1.82) is 0 Å². The largest absolute Gasteiger partial charge is 0.481 e. The van der Waals surface area contributed by atoms with E-state index in [-0.39, 0.29) is 25.1 Å². The summed E-state index contributed by atoms with van der Waals surface area (Å²) in [5.41, 5.74) is 1.04. The lowest BCUT2D eigenvalue weighted by Crippen LogP contribution is -2.22. The maximum absolute atomic E-state index is 12.3. The Morgan fingerprint density at radius 3 is 1.97 bits per heavy atom. The zero-order valence-electron chi connectivity index (χ0n) is 20.1. The second kappa shape index (κ2) is 19.8. The third kappa shape index (κ3) is 16.8. The lowest BCUT2D eigenvalue weighted by Gasteiger charge is -2.18. The van der Waals surface area contributed by atoms with Crippen molar-refractivity contribution in [3.8, 4) is 0 Å². The number of ether oxygens (including phenoxy) is 2. The first kappa shape index (κ1) is 28.2. The summed E-state index contributed by atoms with van der Waals surface area (Å²) in [4.78, 5) is 22.9. The van der Waals surface area contributed by atoms with Gasteiger partial charge in [0.2, 0.25) is 0 Å². The van der Waals surface area contributed by atoms with E-state index in [2.05, 4.69) is 6.92 Å². The fourth-order valence-electron chi connectivity index (χ4n) is 3.82. The zero-order valence-corrected chi connectivity index (χ0v) is 20.1. The van der Waals surface area contributed by atoms with Gasteiger partial charge in [0.15, 0.2) is 0 Å². The van der Waals surface area contributed by atoms with Gasteiger partial charge in [0.25, 0.3) is 0 Å². The van der Waals surface area contributed by atoms with Crippen molar-refractivity contribution in [3.63, 3.8) is 0 Å². The van der Waals surface area contributed by atoms with Crippen LogP contribution in [0, 0.1) is 0 Å². The van der Waals surface area contributed by atoms with Gasteiger partial charge < -0.3 is 14.6 Å². The van der Waals surface area contributed by atoms with Crippen LogP contribution in [0.15, 0.2) is 30.3 Å². The number of aliphatic carboxylic acids is 1. The molecule has 0 bridgehead atoms. The maximum Gasteiger partial charge on any atom is 0.332 e. The van der Waals surface area contributed by atoms with Crippen molar-refractivity contribution in [2.75, 3.05) is 6.61 Å². The highest BCUT2D eigenvalue weighted by molar-refractivity contribution is 5.70. The van der Waals surface area contributed by atoms with Gasteiger partial charge in [-0.3, -0.25) is 4.79 Å². The fraction of sp³-hybridized carbons (Fsp3) is 0.704. The number of esters is 1. The summed E-state index contributed by atoms with van der Waals surface area (Å²) in [5.74, 6) is -1.00. The van der Waals surface area contributed by atoms with Gasteiger partial charge in [-0.25, -0.2) is 4.79 Å². The lowest BCUT2D eigenvalue weighted by molar-refractivity contribution is -0.155. The summed E-state index contributed by atoms with van der Waals surface area (Å²) in [7, 11) is 0. The van der Waals surface area contributed by atoms with Gasteiger partial charge in [-0.05, 0) is 37.7 Å². The van der Waals surface area contributed by atoms with Crippen LogP contribution < -0.4 is 0 Å². The molecule has 0 saturated heterocycles. The Kier molecular flexibility index (Phi) is 17.4. The van der Waals surface area contributed by atoms with Crippen LogP contribution in [0.4, 0.5) is 0 Å². The minimum absolute atomic E-state index is 0.0163. The average molecular weight is 449 g/mol. The van der Waals surface area contributed by atoms with Crippen LogP contribution in [-0.4, -0.2) is 29.8 Å². The minimum atomic E-state index is -0.721. The molecule has 1 N–H and O–H groups in total. The van der Waals surface area contributed by atoms with Crippen LogP contribution in [0.3, 0.4) is 0 Å². The molecule has 1 aromatic rings. The van der Waals surface area contributed by atoms with Crippen LogP contribution in [0.2, 0.25) is 0 Å². The second-order valence-corrected chi connectivity index (χ2v) is 8.70. The number of carbonyl (C=O) groups excluding carboxylic acids is 1. The predicted molar refractivity (Wildman–Crippen MR) is 129 cm³/mol. The topological polar surface area (TPSA) is 72.8 Å². The van der Waals surface area contributed by atoms with Gasteiger partial charge in [0.1, 0.15) is 12.7 Å². The molecule has 1 rings (SSSR count). The fourth-order valence-corrected chi connectivity index (χ4v) is 3.82. The molecule has 0 heterocycles. The molecule has 0 fully saturated rings. The molecule has 0 aliphatic rings. The number of carboxylic acid groups (broad SMARTS) is 1. The molecule has 0 spiro atoms. The molecule has 5 heteroatoms. The highest BCUT2D eigenvalue weighted by Gasteiger charge is 2.14. The predicted octanol–water partition coefficient (Wildman–Crippen LogP) is 7.07. The zero-order chi connectivity index (χ0) is 23.3. The minimum Gasteiger partial charge on any atom is -0.481 e. The standard InChI is InChI=1S/C27H44O5/c1-2-3-4-5-6-8-14-19-25(20-15-9-7-10-16-21-26(28)29)32-27(30)23-31-22-24-17-12-11-13-18-24/h11-13,17-18,25H,2-10,14-16,19-23H2,1H3,(H,28,29). The molecular formula is C27H44O5. The number of rotatable bonds is 21. The molecule has 32 heavy (non-hydrogen) atoms. The van der Waals surface area contributed by atoms with Gasteiger partial charge in [0, 0.05) is 6.42 Å². The van der Waals surface area contributed by atoms with E-state index in [0.29, 0.717) is 6.61 Å². The number of hydrogen-bond donors (Lipinski definition) is 1. The normalized spacial score (nSPS) is 11.9. The Labute approximate surface area is 194 Å². The number of carboxylic acids is 1. The van der Waals surface area contributed by atoms with Crippen molar-refractivity contribution < 1.29 is 24.2 Å². The van der Waals surface area contributed by atoms with Gasteiger partial charge in [-0.15, -0.1) is 0 Å². The SMILES string of the molecule is CCCCCCCCCC(CCCCCCCC(=O)O)OC(=O)COCc1ccccc1. The number of benzene rings is 1. The Balaban J connectivity index is 2.27. The van der Waals surface area contributed by atoms with Crippen LogP contribution in [-0.2, 0) is 25.7 Å². The molecule has 0 saturated carbocycles. The lowest BCUT2D eigenvalue weighted by atomic mass is 10.0. The molecule has 0 radical (unpaired) electrons. The molecule has 1 unspecified atom stereocenters. The van der Waals surface area contributed by atoms with Gasteiger partial charge in [-0.1, -0.05) is 95.0 Å². The Bertz CT molecular complexity index is 587. The average Bonchev–Trinajstić information content (AvgIpc) is 2.78. The highest BCUT2D eigenvalue weighted by atomic mass is 16.6. The molecule has 1 aromatic carbocycles. The summed E-state index contributed by atoms with van der Waals surface area (Å²) in [6.07, 6.45) is 15.5. The summed E-state index contributed by atoms with van der Waals surface area (Å²) >= 11 is 0. The molecule has 0 aliphatic carbocycles. The Morgan fingerprint density at radius 2 is 1.38 bits per heavy atom. The maximum atomic E-state index is 12.3. The van der Waals surface area contributed by atoms with Crippen molar-refractivity contribution in [3.05, 3.63) is 35.9 Å². The molecule has 0 aliphatic heterocycles. The van der Waals surface area contributed by atoms with E-state index in [4.69, 9.17) is 14.6 Å². The third-order valence-electron chi connectivity index (χ3n) is 5.68. The first-order valence-electron chi connectivity index (χ1n) is 12.6. The van der Waals surface area contributed by atoms with Gasteiger partial charge in [-0.2, -0.15) is 0 Å². The van der Waals surface area contributed by atoms with E-state index in [1.54, 1.807) is 0 Å². The molecule has 1 atom stereocenters. The number of carbonyl (C=O) groups is 2. The van der Waals surface area contributed by atoms with Crippen molar-refractivity contribution in [2.24, 2.45) is 0 Å². The smallest absolute Gasteiger partial charge is 0.332 e. The van der Waals surface area contributed by atoms with Crippen LogP contribution in [0.25, 0.3) is 0 Å². The molecule has 182 valence electrons. The number of unbranched alkanes of at least 4 members (excludes halogenated alkanes) is 10.